The van der Waals surface area contributed by atoms with Gasteiger partial charge in [0.15, 0.2) is 5.11 Å². The third-order valence-corrected chi connectivity index (χ3v) is 3.99. The largest absolute Gasteiger partial charge is 0.383 e. The van der Waals surface area contributed by atoms with Crippen LogP contribution in [0.1, 0.15) is 36.7 Å². The lowest BCUT2D eigenvalue weighted by atomic mass is 10.3. The van der Waals surface area contributed by atoms with Crippen LogP contribution in [0, 0.1) is 0 Å². The Bertz CT molecular complexity index is 381. The molecule has 0 saturated carbocycles. The summed E-state index contributed by atoms with van der Waals surface area (Å²) >= 11 is 6.98. The van der Waals surface area contributed by atoms with E-state index in [-0.39, 0.29) is 12.1 Å². The zero-order valence-electron chi connectivity index (χ0n) is 11.3. The minimum absolute atomic E-state index is 0.130. The second kappa shape index (κ2) is 7.66. The normalized spacial score (nSPS) is 14.0. The topological polar surface area (TPSA) is 46.2 Å². The molecule has 18 heavy (non-hydrogen) atoms. The Morgan fingerprint density at radius 2 is 2.22 bits per heavy atom. The van der Waals surface area contributed by atoms with Crippen molar-refractivity contribution in [1.82, 2.24) is 15.6 Å². The highest BCUT2D eigenvalue weighted by Gasteiger charge is 2.12. The maximum Gasteiger partial charge on any atom is 0.167 e. The van der Waals surface area contributed by atoms with E-state index in [4.69, 9.17) is 17.0 Å². The molecule has 0 spiro atoms. The van der Waals surface area contributed by atoms with Crippen LogP contribution in [-0.4, -0.2) is 29.9 Å². The van der Waals surface area contributed by atoms with Crippen molar-refractivity contribution in [3.63, 3.8) is 0 Å². The first kappa shape index (κ1) is 15.3. The fraction of sp³-hybridized carbons (Fsp3) is 0.667. The Kier molecular flexibility index (Phi) is 6.52. The van der Waals surface area contributed by atoms with Crippen molar-refractivity contribution in [2.45, 2.75) is 39.3 Å². The summed E-state index contributed by atoms with van der Waals surface area (Å²) in [6.45, 7) is 6.86. The maximum atomic E-state index is 5.25. The predicted octanol–water partition coefficient (Wildman–Crippen LogP) is 2.27. The first-order valence-corrected chi connectivity index (χ1v) is 7.29. The van der Waals surface area contributed by atoms with E-state index in [1.54, 1.807) is 18.4 Å². The van der Waals surface area contributed by atoms with Gasteiger partial charge < -0.3 is 15.4 Å². The van der Waals surface area contributed by atoms with Crippen molar-refractivity contribution in [2.24, 2.45) is 0 Å². The number of aromatic nitrogens is 1. The quantitative estimate of drug-likeness (QED) is 0.786. The maximum absolute atomic E-state index is 5.25. The number of nitrogens with zero attached hydrogens (tertiary/aromatic N) is 1. The molecule has 0 amide bonds. The van der Waals surface area contributed by atoms with Crippen LogP contribution in [0.2, 0.25) is 0 Å². The Morgan fingerprint density at radius 3 is 2.78 bits per heavy atom. The van der Waals surface area contributed by atoms with Crippen molar-refractivity contribution < 1.29 is 4.74 Å². The van der Waals surface area contributed by atoms with Crippen LogP contribution in [0.15, 0.2) is 6.20 Å². The highest BCUT2D eigenvalue weighted by atomic mass is 32.1. The van der Waals surface area contributed by atoms with Crippen LogP contribution in [0.5, 0.6) is 0 Å². The van der Waals surface area contributed by atoms with Crippen LogP contribution in [0.3, 0.4) is 0 Å². The number of thiocarbonyl (C=S) groups is 1. The molecule has 1 heterocycles. The van der Waals surface area contributed by atoms with Crippen molar-refractivity contribution in [3.05, 3.63) is 16.1 Å². The molecule has 0 aliphatic heterocycles. The fourth-order valence-electron chi connectivity index (χ4n) is 1.50. The molecular formula is C12H21N3OS2. The van der Waals surface area contributed by atoms with Crippen LogP contribution in [0.25, 0.3) is 0 Å². The van der Waals surface area contributed by atoms with E-state index >= 15 is 0 Å². The summed E-state index contributed by atoms with van der Waals surface area (Å²) in [6, 6.07) is 0.328. The lowest BCUT2D eigenvalue weighted by molar-refractivity contribution is 0.179. The Hall–Kier alpha value is -0.720. The highest BCUT2D eigenvalue weighted by molar-refractivity contribution is 7.80. The van der Waals surface area contributed by atoms with E-state index in [0.717, 1.165) is 11.4 Å². The smallest absolute Gasteiger partial charge is 0.167 e. The molecule has 6 heteroatoms. The van der Waals surface area contributed by atoms with Gasteiger partial charge in [0.05, 0.1) is 12.6 Å². The van der Waals surface area contributed by atoms with Gasteiger partial charge in [-0.2, -0.15) is 0 Å². The van der Waals surface area contributed by atoms with Crippen molar-refractivity contribution in [3.8, 4) is 0 Å². The summed E-state index contributed by atoms with van der Waals surface area (Å²) in [5, 5.41) is 8.11. The van der Waals surface area contributed by atoms with Crippen LogP contribution in [-0.2, 0) is 11.2 Å². The summed E-state index contributed by atoms with van der Waals surface area (Å²) in [5.41, 5.74) is 0. The molecule has 4 nitrogen and oxygen atoms in total. The lowest BCUT2D eigenvalue weighted by Crippen LogP contribution is -2.43. The van der Waals surface area contributed by atoms with Gasteiger partial charge in [0.2, 0.25) is 0 Å². The molecular weight excluding hydrogens is 266 g/mol. The second-order valence-electron chi connectivity index (χ2n) is 4.21. The number of hydrogen-bond acceptors (Lipinski definition) is 4. The van der Waals surface area contributed by atoms with Gasteiger partial charge in [0.1, 0.15) is 5.01 Å². The second-order valence-corrected chi connectivity index (χ2v) is 5.77. The molecule has 0 aliphatic carbocycles. The number of nitrogens with one attached hydrogen (secondary N) is 2. The molecule has 0 aromatic carbocycles. The molecule has 2 atom stereocenters. The number of rotatable bonds is 6. The predicted molar refractivity (Wildman–Crippen MR) is 80.1 cm³/mol. The molecule has 2 unspecified atom stereocenters. The molecule has 0 saturated heterocycles. The molecule has 1 aromatic heterocycles. The summed E-state index contributed by atoms with van der Waals surface area (Å²) in [4.78, 5) is 5.70. The highest BCUT2D eigenvalue weighted by Crippen LogP contribution is 2.19. The Balaban J connectivity index is 2.43. The number of aryl methyl sites for hydroxylation is 1. The van der Waals surface area contributed by atoms with Gasteiger partial charge in [-0.25, -0.2) is 4.98 Å². The number of methoxy groups -OCH3 is 1. The lowest BCUT2D eigenvalue weighted by Gasteiger charge is -2.18. The minimum atomic E-state index is 0.130. The van der Waals surface area contributed by atoms with E-state index in [2.05, 4.69) is 29.5 Å². The molecule has 102 valence electrons. The van der Waals surface area contributed by atoms with Crippen molar-refractivity contribution in [1.29, 1.82) is 0 Å². The minimum Gasteiger partial charge on any atom is -0.383 e. The molecule has 2 N–H and O–H groups in total. The Morgan fingerprint density at radius 1 is 1.50 bits per heavy atom. The summed E-state index contributed by atoms with van der Waals surface area (Å²) in [7, 11) is 1.68. The van der Waals surface area contributed by atoms with E-state index < -0.39 is 0 Å². The zero-order chi connectivity index (χ0) is 13.5. The fourth-order valence-corrected chi connectivity index (χ4v) is 2.74. The van der Waals surface area contributed by atoms with Gasteiger partial charge in [-0.3, -0.25) is 0 Å². The van der Waals surface area contributed by atoms with E-state index in [0.29, 0.717) is 11.7 Å². The zero-order valence-corrected chi connectivity index (χ0v) is 13.0. The van der Waals surface area contributed by atoms with Gasteiger partial charge in [-0.05, 0) is 32.5 Å². The first-order chi connectivity index (χ1) is 8.56. The molecule has 0 radical (unpaired) electrons. The molecule has 1 rings (SSSR count). The third-order valence-electron chi connectivity index (χ3n) is 2.43. The van der Waals surface area contributed by atoms with Gasteiger partial charge in [-0.15, -0.1) is 11.3 Å². The van der Waals surface area contributed by atoms with Gasteiger partial charge in [0, 0.05) is 24.2 Å². The van der Waals surface area contributed by atoms with E-state index in [1.807, 2.05) is 13.1 Å². The molecule has 1 aromatic rings. The first-order valence-electron chi connectivity index (χ1n) is 6.07. The SMILES string of the molecule is CCc1cnc(C(C)NC(=S)NC(C)COC)s1. The average Bonchev–Trinajstić information content (AvgIpc) is 2.77. The van der Waals surface area contributed by atoms with Crippen LogP contribution >= 0.6 is 23.6 Å². The average molecular weight is 287 g/mol. The Labute approximate surface area is 118 Å². The van der Waals surface area contributed by atoms with Gasteiger partial charge >= 0.3 is 0 Å². The summed E-state index contributed by atoms with van der Waals surface area (Å²) < 4.78 is 5.05. The van der Waals surface area contributed by atoms with Gasteiger partial charge in [-0.1, -0.05) is 6.92 Å². The summed E-state index contributed by atoms with van der Waals surface area (Å²) in [5.74, 6) is 0. The van der Waals surface area contributed by atoms with Crippen LogP contribution < -0.4 is 10.6 Å². The van der Waals surface area contributed by atoms with Gasteiger partial charge in [0.25, 0.3) is 0 Å². The number of ether oxygens (including phenoxy) is 1. The van der Waals surface area contributed by atoms with E-state index in [1.165, 1.54) is 4.88 Å². The van der Waals surface area contributed by atoms with Crippen LogP contribution in [0.4, 0.5) is 0 Å². The standard InChI is InChI=1S/C12H21N3OS2/c1-5-10-6-13-11(18-10)9(3)15-12(17)14-8(2)7-16-4/h6,8-9H,5,7H2,1-4H3,(H2,14,15,17). The molecule has 0 bridgehead atoms. The molecule has 0 fully saturated rings. The monoisotopic (exact) mass is 287 g/mol. The third kappa shape index (κ3) is 4.88. The van der Waals surface area contributed by atoms with E-state index in [9.17, 15) is 0 Å². The number of hydrogen-bond donors (Lipinski definition) is 2. The number of thiazole rings is 1. The molecule has 0 aliphatic rings. The van der Waals surface area contributed by atoms with Crippen molar-refractivity contribution >= 4 is 28.7 Å². The van der Waals surface area contributed by atoms with Crippen molar-refractivity contribution in [2.75, 3.05) is 13.7 Å². The summed E-state index contributed by atoms with van der Waals surface area (Å²) in [6.07, 6.45) is 2.96.